The zero-order valence-electron chi connectivity index (χ0n) is 17.3. The molecule has 1 atom stereocenters. The molecule has 1 aromatic heterocycles. The van der Waals surface area contributed by atoms with E-state index in [1.54, 1.807) is 36.7 Å². The Labute approximate surface area is 184 Å². The van der Waals surface area contributed by atoms with E-state index in [2.05, 4.69) is 4.98 Å². The standard InChI is InChI=1S/C25H20N2O5/c1-15-4-2-6-17(10-15)22-21(23(28)18-7-8-19-20(11-18)32-14-31-19)24(29)25(30)27(22)13-16-5-3-9-26-12-16/h2-12,22,28H,13-14H2,1H3/b23-21-. The van der Waals surface area contributed by atoms with Crippen molar-refractivity contribution in [2.24, 2.45) is 0 Å². The summed E-state index contributed by atoms with van der Waals surface area (Å²) in [5, 5.41) is 11.2. The molecular formula is C25H20N2O5. The van der Waals surface area contributed by atoms with Gasteiger partial charge in [-0.05, 0) is 42.3 Å². The molecule has 5 rings (SSSR count). The fourth-order valence-corrected chi connectivity index (χ4v) is 4.12. The summed E-state index contributed by atoms with van der Waals surface area (Å²) in [5.74, 6) is -0.598. The van der Waals surface area contributed by atoms with E-state index in [4.69, 9.17) is 9.47 Å². The molecule has 3 aromatic rings. The third-order valence-corrected chi connectivity index (χ3v) is 5.62. The van der Waals surface area contributed by atoms with Crippen LogP contribution in [0.15, 0.2) is 72.6 Å². The minimum atomic E-state index is -0.736. The van der Waals surface area contributed by atoms with E-state index in [1.807, 2.05) is 37.3 Å². The number of nitrogens with zero attached hydrogens (tertiary/aromatic N) is 2. The summed E-state index contributed by atoms with van der Waals surface area (Å²) in [7, 11) is 0. The molecule has 2 aliphatic heterocycles. The molecule has 1 amide bonds. The Bertz CT molecular complexity index is 1250. The van der Waals surface area contributed by atoms with Gasteiger partial charge in [-0.15, -0.1) is 0 Å². The third kappa shape index (κ3) is 3.37. The number of carbonyl (C=O) groups excluding carboxylic acids is 2. The van der Waals surface area contributed by atoms with Gasteiger partial charge in [0, 0.05) is 24.5 Å². The van der Waals surface area contributed by atoms with Crippen LogP contribution in [-0.2, 0) is 16.1 Å². The lowest BCUT2D eigenvalue weighted by Crippen LogP contribution is -2.29. The molecule has 2 aliphatic rings. The maximum atomic E-state index is 13.1. The molecule has 1 saturated heterocycles. The zero-order chi connectivity index (χ0) is 22.2. The molecule has 0 aliphatic carbocycles. The Morgan fingerprint density at radius 1 is 1.09 bits per heavy atom. The molecule has 2 aromatic carbocycles. The Kier molecular flexibility index (Phi) is 4.86. The highest BCUT2D eigenvalue weighted by atomic mass is 16.7. The fraction of sp³-hybridized carbons (Fsp3) is 0.160. The largest absolute Gasteiger partial charge is 0.507 e. The summed E-state index contributed by atoms with van der Waals surface area (Å²) in [6.45, 7) is 2.22. The van der Waals surface area contributed by atoms with Gasteiger partial charge in [-0.1, -0.05) is 35.9 Å². The van der Waals surface area contributed by atoms with Crippen LogP contribution in [0.1, 0.15) is 28.3 Å². The number of aromatic nitrogens is 1. The Balaban J connectivity index is 1.65. The lowest BCUT2D eigenvalue weighted by Gasteiger charge is -2.25. The van der Waals surface area contributed by atoms with Crippen LogP contribution in [0, 0.1) is 6.92 Å². The number of ether oxygens (including phenoxy) is 2. The minimum Gasteiger partial charge on any atom is -0.507 e. The van der Waals surface area contributed by atoms with Gasteiger partial charge in [-0.2, -0.15) is 0 Å². The van der Waals surface area contributed by atoms with Gasteiger partial charge in [-0.25, -0.2) is 0 Å². The van der Waals surface area contributed by atoms with Crippen LogP contribution in [-0.4, -0.2) is 33.5 Å². The van der Waals surface area contributed by atoms with Crippen LogP contribution >= 0.6 is 0 Å². The highest BCUT2D eigenvalue weighted by Gasteiger charge is 2.46. The molecule has 7 nitrogen and oxygen atoms in total. The molecule has 1 N–H and O–H groups in total. The van der Waals surface area contributed by atoms with Crippen molar-refractivity contribution >= 4 is 17.4 Å². The molecular weight excluding hydrogens is 408 g/mol. The van der Waals surface area contributed by atoms with Crippen LogP contribution in [0.25, 0.3) is 5.76 Å². The van der Waals surface area contributed by atoms with Crippen molar-refractivity contribution in [3.8, 4) is 11.5 Å². The number of hydrogen-bond donors (Lipinski definition) is 1. The first-order chi connectivity index (χ1) is 15.5. The van der Waals surface area contributed by atoms with Crippen molar-refractivity contribution < 1.29 is 24.2 Å². The van der Waals surface area contributed by atoms with Gasteiger partial charge in [0.2, 0.25) is 6.79 Å². The molecule has 3 heterocycles. The number of aryl methyl sites for hydroxylation is 1. The van der Waals surface area contributed by atoms with Crippen LogP contribution in [0.5, 0.6) is 11.5 Å². The van der Waals surface area contributed by atoms with Crippen molar-refractivity contribution in [3.05, 3.63) is 94.8 Å². The molecule has 32 heavy (non-hydrogen) atoms. The topological polar surface area (TPSA) is 89.0 Å². The quantitative estimate of drug-likeness (QED) is 0.387. The predicted molar refractivity (Wildman–Crippen MR) is 116 cm³/mol. The number of carbonyl (C=O) groups is 2. The van der Waals surface area contributed by atoms with Crippen molar-refractivity contribution in [1.82, 2.24) is 9.88 Å². The normalized spacial score (nSPS) is 18.9. The number of ketones is 1. The number of likely N-dealkylation sites (tertiary alicyclic amines) is 1. The zero-order valence-corrected chi connectivity index (χ0v) is 17.3. The maximum Gasteiger partial charge on any atom is 0.295 e. The summed E-state index contributed by atoms with van der Waals surface area (Å²) in [6, 6.07) is 15.4. The molecule has 7 heteroatoms. The van der Waals surface area contributed by atoms with Crippen molar-refractivity contribution in [1.29, 1.82) is 0 Å². The van der Waals surface area contributed by atoms with Gasteiger partial charge in [0.25, 0.3) is 11.7 Å². The van der Waals surface area contributed by atoms with Crippen LogP contribution < -0.4 is 9.47 Å². The minimum absolute atomic E-state index is 0.0448. The van der Waals surface area contributed by atoms with Crippen molar-refractivity contribution in [2.75, 3.05) is 6.79 Å². The van der Waals surface area contributed by atoms with E-state index < -0.39 is 17.7 Å². The van der Waals surface area contributed by atoms with Crippen LogP contribution in [0.3, 0.4) is 0 Å². The van der Waals surface area contributed by atoms with Crippen molar-refractivity contribution in [3.63, 3.8) is 0 Å². The molecule has 0 radical (unpaired) electrons. The number of fused-ring (bicyclic) bond motifs is 1. The third-order valence-electron chi connectivity index (χ3n) is 5.62. The van der Waals surface area contributed by atoms with Gasteiger partial charge in [0.05, 0.1) is 11.6 Å². The van der Waals surface area contributed by atoms with E-state index in [1.165, 1.54) is 4.90 Å². The Hall–Kier alpha value is -4.13. The summed E-state index contributed by atoms with van der Waals surface area (Å²) < 4.78 is 10.7. The molecule has 0 bridgehead atoms. The number of Topliss-reactive ketones (excluding diaryl/α,β-unsaturated/α-hetero) is 1. The lowest BCUT2D eigenvalue weighted by molar-refractivity contribution is -0.140. The number of amides is 1. The number of benzene rings is 2. The number of rotatable bonds is 4. The molecule has 1 fully saturated rings. The van der Waals surface area contributed by atoms with Crippen molar-refractivity contribution in [2.45, 2.75) is 19.5 Å². The monoisotopic (exact) mass is 428 g/mol. The summed E-state index contributed by atoms with van der Waals surface area (Å²) in [4.78, 5) is 31.8. The maximum absolute atomic E-state index is 13.1. The van der Waals surface area contributed by atoms with E-state index in [-0.39, 0.29) is 24.7 Å². The molecule has 1 unspecified atom stereocenters. The second-order valence-electron chi connectivity index (χ2n) is 7.77. The van der Waals surface area contributed by atoms with Gasteiger partial charge in [-0.3, -0.25) is 14.6 Å². The number of aliphatic hydroxyl groups excluding tert-OH is 1. The Morgan fingerprint density at radius 2 is 1.94 bits per heavy atom. The highest BCUT2D eigenvalue weighted by Crippen LogP contribution is 2.42. The lowest BCUT2D eigenvalue weighted by atomic mass is 9.94. The molecule has 160 valence electrons. The second-order valence-corrected chi connectivity index (χ2v) is 7.77. The number of aliphatic hydroxyl groups is 1. The van der Waals surface area contributed by atoms with E-state index in [0.717, 1.165) is 16.7 Å². The van der Waals surface area contributed by atoms with E-state index >= 15 is 0 Å². The van der Waals surface area contributed by atoms with E-state index in [0.29, 0.717) is 17.1 Å². The highest BCUT2D eigenvalue weighted by molar-refractivity contribution is 6.46. The second kappa shape index (κ2) is 7.85. The molecule has 0 saturated carbocycles. The Morgan fingerprint density at radius 3 is 2.72 bits per heavy atom. The van der Waals surface area contributed by atoms with Crippen LogP contribution in [0.4, 0.5) is 0 Å². The van der Waals surface area contributed by atoms with E-state index in [9.17, 15) is 14.7 Å². The predicted octanol–water partition coefficient (Wildman–Crippen LogP) is 3.74. The molecule has 0 spiro atoms. The first-order valence-corrected chi connectivity index (χ1v) is 10.2. The smallest absolute Gasteiger partial charge is 0.295 e. The van der Waals surface area contributed by atoms with Gasteiger partial charge in [0.1, 0.15) is 5.76 Å². The summed E-state index contributed by atoms with van der Waals surface area (Å²) in [6.07, 6.45) is 3.31. The average molecular weight is 428 g/mol. The first kappa shape index (κ1) is 19.8. The fourth-order valence-electron chi connectivity index (χ4n) is 4.12. The summed E-state index contributed by atoms with van der Waals surface area (Å²) >= 11 is 0. The average Bonchev–Trinajstić information content (AvgIpc) is 3.37. The van der Waals surface area contributed by atoms with Gasteiger partial charge < -0.3 is 19.5 Å². The SMILES string of the molecule is Cc1cccc(C2/C(=C(/O)c3ccc4c(c3)OCO4)C(=O)C(=O)N2Cc2cccnc2)c1. The number of pyridine rings is 1. The van der Waals surface area contributed by atoms with Gasteiger partial charge in [0.15, 0.2) is 11.5 Å². The first-order valence-electron chi connectivity index (χ1n) is 10.2. The summed E-state index contributed by atoms with van der Waals surface area (Å²) in [5.41, 5.74) is 2.94. The van der Waals surface area contributed by atoms with Crippen LogP contribution in [0.2, 0.25) is 0 Å². The van der Waals surface area contributed by atoms with Gasteiger partial charge >= 0.3 is 0 Å². The number of hydrogen-bond acceptors (Lipinski definition) is 6.